The van der Waals surface area contributed by atoms with E-state index in [1.165, 1.54) is 35.6 Å². The maximum Gasteiger partial charge on any atom is 0.416 e. The largest absolute Gasteiger partial charge is 0.457 e. The molecular formula is C27H21F4N3O3S. The van der Waals surface area contributed by atoms with Crippen LogP contribution in [0, 0.1) is 11.7 Å². The first-order chi connectivity index (χ1) is 18.1. The Hall–Kier alpha value is -3.99. The molecule has 1 heterocycles. The Bertz CT molecular complexity index is 1520. The van der Waals surface area contributed by atoms with Crippen molar-refractivity contribution in [1.29, 1.82) is 0 Å². The minimum atomic E-state index is -4.47. The fourth-order valence-corrected chi connectivity index (χ4v) is 4.65. The molecule has 6 nitrogen and oxygen atoms in total. The number of halogens is 4. The van der Waals surface area contributed by atoms with Crippen LogP contribution in [0.1, 0.15) is 30.4 Å². The Morgan fingerprint density at radius 2 is 1.76 bits per heavy atom. The van der Waals surface area contributed by atoms with Crippen LogP contribution in [-0.4, -0.2) is 16.8 Å². The molecule has 3 aromatic carbocycles. The zero-order valence-electron chi connectivity index (χ0n) is 19.8. The van der Waals surface area contributed by atoms with Crippen LogP contribution in [0.25, 0.3) is 10.2 Å². The summed E-state index contributed by atoms with van der Waals surface area (Å²) in [6, 6.07) is 13.8. The van der Waals surface area contributed by atoms with Gasteiger partial charge in [-0.05, 0) is 55.2 Å². The molecule has 38 heavy (non-hydrogen) atoms. The summed E-state index contributed by atoms with van der Waals surface area (Å²) in [5, 5.41) is 5.78. The first-order valence-corrected chi connectivity index (χ1v) is 12.6. The number of carbonyl (C=O) groups is 2. The lowest BCUT2D eigenvalue weighted by atomic mass is 10.1. The topological polar surface area (TPSA) is 80.3 Å². The first kappa shape index (κ1) is 25.7. The van der Waals surface area contributed by atoms with Gasteiger partial charge in [-0.1, -0.05) is 29.5 Å². The fraction of sp³-hybridized carbons (Fsp3) is 0.222. The van der Waals surface area contributed by atoms with Crippen LogP contribution >= 0.6 is 11.3 Å². The van der Waals surface area contributed by atoms with Gasteiger partial charge in [-0.25, -0.2) is 9.37 Å². The van der Waals surface area contributed by atoms with Gasteiger partial charge >= 0.3 is 6.18 Å². The molecule has 0 aliphatic heterocycles. The highest BCUT2D eigenvalue weighted by Gasteiger charge is 2.31. The number of nitrogens with zero attached hydrogens (tertiary/aromatic N) is 1. The quantitative estimate of drug-likeness (QED) is 0.231. The molecule has 1 fully saturated rings. The van der Waals surface area contributed by atoms with Gasteiger partial charge in [-0.2, -0.15) is 13.2 Å². The van der Waals surface area contributed by atoms with E-state index in [-0.39, 0.29) is 36.1 Å². The second kappa shape index (κ2) is 10.4. The molecule has 0 bridgehead atoms. The summed E-state index contributed by atoms with van der Waals surface area (Å²) >= 11 is 1.31. The molecule has 2 N–H and O–H groups in total. The number of aromatic nitrogens is 1. The third-order valence-corrected chi connectivity index (χ3v) is 6.81. The molecule has 1 aliphatic rings. The lowest BCUT2D eigenvalue weighted by Crippen LogP contribution is -2.14. The Morgan fingerprint density at radius 1 is 1.00 bits per heavy atom. The van der Waals surface area contributed by atoms with Crippen molar-refractivity contribution in [1.82, 2.24) is 4.98 Å². The van der Waals surface area contributed by atoms with Crippen molar-refractivity contribution in [3.05, 3.63) is 77.6 Å². The van der Waals surface area contributed by atoms with Crippen molar-refractivity contribution < 1.29 is 31.9 Å². The summed E-state index contributed by atoms with van der Waals surface area (Å²) in [5.74, 6) is -0.477. The third kappa shape index (κ3) is 6.28. The fourth-order valence-electron chi connectivity index (χ4n) is 3.75. The number of nitrogens with one attached hydrogen (secondary N) is 2. The molecule has 0 unspecified atom stereocenters. The van der Waals surface area contributed by atoms with Crippen molar-refractivity contribution in [2.45, 2.75) is 31.9 Å². The van der Waals surface area contributed by atoms with E-state index in [0.29, 0.717) is 22.0 Å². The molecule has 1 aromatic heterocycles. The number of thiazole rings is 1. The standard InChI is InChI=1S/C27H21F4N3O3S/c28-20-9-7-18(13-22(20)32-24(35)11-4-15-2-1-3-17(12-15)27(29,30)31)37-19-8-10-21-23(14-19)38-26(33-21)34-25(36)16-5-6-16/h1-3,7-10,12-14,16H,4-6,11H2,(H,32,35)(H,33,34,36). The number of benzene rings is 3. The third-order valence-electron chi connectivity index (χ3n) is 5.88. The number of amides is 2. The van der Waals surface area contributed by atoms with E-state index >= 15 is 0 Å². The molecule has 0 atom stereocenters. The summed E-state index contributed by atoms with van der Waals surface area (Å²) in [6.45, 7) is 0. The Balaban J connectivity index is 1.22. The normalized spacial score (nSPS) is 13.4. The van der Waals surface area contributed by atoms with Gasteiger partial charge in [0.25, 0.3) is 0 Å². The van der Waals surface area contributed by atoms with Crippen molar-refractivity contribution in [2.75, 3.05) is 10.6 Å². The summed E-state index contributed by atoms with van der Waals surface area (Å²) in [7, 11) is 0. The number of hydrogen-bond acceptors (Lipinski definition) is 5. The van der Waals surface area contributed by atoms with Gasteiger partial charge in [0.05, 0.1) is 21.5 Å². The summed E-state index contributed by atoms with van der Waals surface area (Å²) in [4.78, 5) is 28.8. The predicted molar refractivity (Wildman–Crippen MR) is 136 cm³/mol. The summed E-state index contributed by atoms with van der Waals surface area (Å²) < 4.78 is 59.7. The Labute approximate surface area is 218 Å². The van der Waals surface area contributed by atoms with Crippen LogP contribution in [0.4, 0.5) is 28.4 Å². The van der Waals surface area contributed by atoms with Gasteiger partial charge in [0.2, 0.25) is 11.8 Å². The van der Waals surface area contributed by atoms with Gasteiger partial charge in [0, 0.05) is 24.5 Å². The maximum atomic E-state index is 14.4. The van der Waals surface area contributed by atoms with Gasteiger partial charge in [-0.3, -0.25) is 9.59 Å². The number of carbonyl (C=O) groups excluding carboxylic acids is 2. The molecule has 0 radical (unpaired) electrons. The molecule has 0 saturated heterocycles. The number of fused-ring (bicyclic) bond motifs is 1. The van der Waals surface area contributed by atoms with E-state index in [1.807, 2.05) is 0 Å². The van der Waals surface area contributed by atoms with E-state index in [2.05, 4.69) is 15.6 Å². The monoisotopic (exact) mass is 543 g/mol. The highest BCUT2D eigenvalue weighted by molar-refractivity contribution is 7.22. The zero-order chi connectivity index (χ0) is 26.9. The summed E-state index contributed by atoms with van der Waals surface area (Å²) in [6.07, 6.45) is -2.75. The van der Waals surface area contributed by atoms with Crippen LogP contribution in [0.5, 0.6) is 11.5 Å². The average molecular weight is 544 g/mol. The number of hydrogen-bond donors (Lipinski definition) is 2. The number of rotatable bonds is 8. The second-order valence-electron chi connectivity index (χ2n) is 8.90. The number of ether oxygens (including phenoxy) is 1. The molecule has 196 valence electrons. The molecule has 2 amide bonds. The van der Waals surface area contributed by atoms with Crippen LogP contribution in [0.3, 0.4) is 0 Å². The molecule has 1 saturated carbocycles. The van der Waals surface area contributed by atoms with Crippen LogP contribution < -0.4 is 15.4 Å². The van der Waals surface area contributed by atoms with E-state index in [9.17, 15) is 27.2 Å². The van der Waals surface area contributed by atoms with E-state index in [1.54, 1.807) is 18.2 Å². The van der Waals surface area contributed by atoms with Gasteiger partial charge < -0.3 is 15.4 Å². The molecular weight excluding hydrogens is 522 g/mol. The van der Waals surface area contributed by atoms with Crippen LogP contribution in [-0.2, 0) is 22.2 Å². The van der Waals surface area contributed by atoms with Crippen molar-refractivity contribution in [3.63, 3.8) is 0 Å². The van der Waals surface area contributed by atoms with Crippen molar-refractivity contribution in [3.8, 4) is 11.5 Å². The average Bonchev–Trinajstić information content (AvgIpc) is 3.65. The van der Waals surface area contributed by atoms with E-state index in [4.69, 9.17) is 4.74 Å². The Kier molecular flexibility index (Phi) is 7.02. The zero-order valence-corrected chi connectivity index (χ0v) is 20.6. The van der Waals surface area contributed by atoms with E-state index in [0.717, 1.165) is 35.7 Å². The highest BCUT2D eigenvalue weighted by Crippen LogP contribution is 2.35. The number of anilines is 2. The van der Waals surface area contributed by atoms with Crippen LogP contribution in [0.2, 0.25) is 0 Å². The Morgan fingerprint density at radius 3 is 2.53 bits per heavy atom. The van der Waals surface area contributed by atoms with Crippen LogP contribution in [0.15, 0.2) is 60.7 Å². The highest BCUT2D eigenvalue weighted by atomic mass is 32.1. The minimum absolute atomic E-state index is 0.0313. The lowest BCUT2D eigenvalue weighted by Gasteiger charge is -2.11. The second-order valence-corrected chi connectivity index (χ2v) is 9.93. The summed E-state index contributed by atoms with van der Waals surface area (Å²) in [5.41, 5.74) is 0.144. The maximum absolute atomic E-state index is 14.4. The number of alkyl halides is 3. The SMILES string of the molecule is O=C(CCc1cccc(C(F)(F)F)c1)Nc1cc(Oc2ccc3nc(NC(=O)C4CC4)sc3c2)ccc1F. The number of aryl methyl sites for hydroxylation is 1. The first-order valence-electron chi connectivity index (χ1n) is 11.8. The van der Waals surface area contributed by atoms with Gasteiger partial charge in [-0.15, -0.1) is 0 Å². The molecule has 5 rings (SSSR count). The van der Waals surface area contributed by atoms with Gasteiger partial charge in [0.15, 0.2) is 5.13 Å². The van der Waals surface area contributed by atoms with Crippen molar-refractivity contribution >= 4 is 44.2 Å². The van der Waals surface area contributed by atoms with E-state index < -0.39 is 23.5 Å². The molecule has 0 spiro atoms. The molecule has 4 aromatic rings. The van der Waals surface area contributed by atoms with Crippen molar-refractivity contribution in [2.24, 2.45) is 5.92 Å². The lowest BCUT2D eigenvalue weighted by molar-refractivity contribution is -0.137. The predicted octanol–water partition coefficient (Wildman–Crippen LogP) is 7.17. The minimum Gasteiger partial charge on any atom is -0.457 e. The molecule has 1 aliphatic carbocycles. The van der Waals surface area contributed by atoms with Gasteiger partial charge in [0.1, 0.15) is 17.3 Å². The smallest absolute Gasteiger partial charge is 0.416 e. The molecule has 11 heteroatoms.